The van der Waals surface area contributed by atoms with Crippen molar-refractivity contribution in [3.8, 4) is 0 Å². The number of nitrogens with one attached hydrogen (secondary N) is 1. The predicted molar refractivity (Wildman–Crippen MR) is 90.6 cm³/mol. The molecule has 0 spiro atoms. The van der Waals surface area contributed by atoms with Crippen LogP contribution in [-0.2, 0) is 9.59 Å². The summed E-state index contributed by atoms with van der Waals surface area (Å²) in [5.41, 5.74) is 4.60. The zero-order valence-electron chi connectivity index (χ0n) is 14.0. The van der Waals surface area contributed by atoms with E-state index in [2.05, 4.69) is 10.5 Å². The van der Waals surface area contributed by atoms with Gasteiger partial charge in [-0.05, 0) is 26.0 Å². The number of piperazine rings is 1. The largest absolute Gasteiger partial charge is 0.342 e. The van der Waals surface area contributed by atoms with Crippen LogP contribution in [0.25, 0.3) is 0 Å². The van der Waals surface area contributed by atoms with Crippen molar-refractivity contribution in [3.63, 3.8) is 0 Å². The summed E-state index contributed by atoms with van der Waals surface area (Å²) in [6, 6.07) is 7.17. The van der Waals surface area contributed by atoms with E-state index in [1.165, 1.54) is 0 Å². The van der Waals surface area contributed by atoms with E-state index in [4.69, 9.17) is 0 Å². The van der Waals surface area contributed by atoms with E-state index in [1.54, 1.807) is 28.9 Å². The Morgan fingerprint density at radius 2 is 1.79 bits per heavy atom. The topological polar surface area (TPSA) is 82.1 Å². The standard InChI is InChI=1S/C17H22N4O3/c1-13-3-5-15(6-4-13)17(24)19-18-14(2)11-16(23)21-9-7-20(12-22)8-10-21/h3-6,12H,7-11H2,1-2H3,(H,19,24)/b18-14+. The molecule has 24 heavy (non-hydrogen) atoms. The van der Waals surface area contributed by atoms with E-state index in [-0.39, 0.29) is 18.2 Å². The lowest BCUT2D eigenvalue weighted by molar-refractivity contribution is -0.134. The fraction of sp³-hybridized carbons (Fsp3) is 0.412. The summed E-state index contributed by atoms with van der Waals surface area (Å²) in [6.45, 7) is 5.81. The van der Waals surface area contributed by atoms with Crippen molar-refractivity contribution in [1.82, 2.24) is 15.2 Å². The first-order valence-corrected chi connectivity index (χ1v) is 7.87. The highest BCUT2D eigenvalue weighted by Crippen LogP contribution is 2.04. The molecule has 0 aliphatic carbocycles. The van der Waals surface area contributed by atoms with Gasteiger partial charge in [0, 0.05) is 37.5 Å². The summed E-state index contributed by atoms with van der Waals surface area (Å²) in [5, 5.41) is 3.99. The number of carbonyl (C=O) groups is 3. The van der Waals surface area contributed by atoms with Crippen molar-refractivity contribution in [2.45, 2.75) is 20.3 Å². The molecular formula is C17H22N4O3. The molecule has 1 aromatic carbocycles. The highest BCUT2D eigenvalue weighted by molar-refractivity contribution is 6.01. The number of amides is 3. The Balaban J connectivity index is 1.83. The zero-order valence-corrected chi connectivity index (χ0v) is 14.0. The normalized spacial score (nSPS) is 15.2. The van der Waals surface area contributed by atoms with Gasteiger partial charge in [-0.15, -0.1) is 0 Å². The number of rotatable bonds is 5. The molecule has 1 fully saturated rings. The lowest BCUT2D eigenvalue weighted by Gasteiger charge is -2.32. The van der Waals surface area contributed by atoms with Crippen LogP contribution in [0.2, 0.25) is 0 Å². The second-order valence-electron chi connectivity index (χ2n) is 5.85. The van der Waals surface area contributed by atoms with Gasteiger partial charge in [-0.1, -0.05) is 17.7 Å². The van der Waals surface area contributed by atoms with Crippen molar-refractivity contribution < 1.29 is 14.4 Å². The number of hydrazone groups is 1. The van der Waals surface area contributed by atoms with Gasteiger partial charge in [-0.3, -0.25) is 14.4 Å². The van der Waals surface area contributed by atoms with Crippen LogP contribution in [0, 0.1) is 6.92 Å². The monoisotopic (exact) mass is 330 g/mol. The SMILES string of the molecule is C/C(CC(=O)N1CCN(C=O)CC1)=N\NC(=O)c1ccc(C)cc1. The molecule has 0 aromatic heterocycles. The molecule has 0 bridgehead atoms. The summed E-state index contributed by atoms with van der Waals surface area (Å²) in [7, 11) is 0. The quantitative estimate of drug-likeness (QED) is 0.492. The molecule has 0 atom stereocenters. The number of nitrogens with zero attached hydrogens (tertiary/aromatic N) is 3. The van der Waals surface area contributed by atoms with Gasteiger partial charge in [-0.2, -0.15) is 5.10 Å². The Labute approximate surface area is 141 Å². The summed E-state index contributed by atoms with van der Waals surface area (Å²) >= 11 is 0. The Hall–Kier alpha value is -2.70. The first-order chi connectivity index (χ1) is 11.5. The summed E-state index contributed by atoms with van der Waals surface area (Å²) < 4.78 is 0. The van der Waals surface area contributed by atoms with Gasteiger partial charge in [-0.25, -0.2) is 5.43 Å². The Morgan fingerprint density at radius 1 is 1.17 bits per heavy atom. The molecule has 1 saturated heterocycles. The molecule has 1 aliphatic heterocycles. The first-order valence-electron chi connectivity index (χ1n) is 7.87. The van der Waals surface area contributed by atoms with Gasteiger partial charge in [0.1, 0.15) is 0 Å². The van der Waals surface area contributed by atoms with Crippen LogP contribution in [0.3, 0.4) is 0 Å². The molecule has 0 unspecified atom stereocenters. The van der Waals surface area contributed by atoms with Crippen molar-refractivity contribution in [2.24, 2.45) is 5.10 Å². The highest BCUT2D eigenvalue weighted by atomic mass is 16.2. The molecule has 1 aliphatic rings. The fourth-order valence-corrected chi connectivity index (χ4v) is 2.36. The maximum atomic E-state index is 12.2. The molecule has 0 saturated carbocycles. The first kappa shape index (κ1) is 17.7. The number of benzene rings is 1. The molecule has 7 heteroatoms. The van der Waals surface area contributed by atoms with Crippen molar-refractivity contribution in [1.29, 1.82) is 0 Å². The highest BCUT2D eigenvalue weighted by Gasteiger charge is 2.20. The number of aryl methyl sites for hydroxylation is 1. The minimum Gasteiger partial charge on any atom is -0.342 e. The third kappa shape index (κ3) is 4.91. The van der Waals surface area contributed by atoms with Crippen LogP contribution < -0.4 is 5.43 Å². The van der Waals surface area contributed by atoms with Gasteiger partial charge >= 0.3 is 0 Å². The molecule has 1 aromatic rings. The van der Waals surface area contributed by atoms with Crippen LogP contribution in [0.5, 0.6) is 0 Å². The molecule has 2 rings (SSSR count). The maximum Gasteiger partial charge on any atom is 0.271 e. The average Bonchev–Trinajstić information content (AvgIpc) is 2.60. The third-order valence-corrected chi connectivity index (χ3v) is 3.89. The van der Waals surface area contributed by atoms with Crippen molar-refractivity contribution >= 4 is 23.9 Å². The van der Waals surface area contributed by atoms with Crippen LogP contribution in [0.4, 0.5) is 0 Å². The van der Waals surface area contributed by atoms with Gasteiger partial charge in [0.15, 0.2) is 0 Å². The van der Waals surface area contributed by atoms with Gasteiger partial charge in [0.2, 0.25) is 12.3 Å². The molecule has 3 amide bonds. The van der Waals surface area contributed by atoms with Gasteiger partial charge < -0.3 is 9.80 Å². The van der Waals surface area contributed by atoms with Crippen LogP contribution in [-0.4, -0.2) is 59.9 Å². The molecule has 7 nitrogen and oxygen atoms in total. The van der Waals surface area contributed by atoms with Gasteiger partial charge in [0.25, 0.3) is 5.91 Å². The molecule has 128 valence electrons. The Bertz CT molecular complexity index is 632. The Morgan fingerprint density at radius 3 is 2.38 bits per heavy atom. The lowest BCUT2D eigenvalue weighted by Crippen LogP contribution is -2.48. The Kier molecular flexibility index (Phi) is 6.06. The number of hydrogen-bond acceptors (Lipinski definition) is 4. The molecule has 1 N–H and O–H groups in total. The van der Waals surface area contributed by atoms with E-state index in [1.807, 2.05) is 19.1 Å². The van der Waals surface area contributed by atoms with Crippen LogP contribution in [0.15, 0.2) is 29.4 Å². The molecule has 1 heterocycles. The van der Waals surface area contributed by atoms with E-state index < -0.39 is 0 Å². The summed E-state index contributed by atoms with van der Waals surface area (Å²) in [5.74, 6) is -0.354. The fourth-order valence-electron chi connectivity index (χ4n) is 2.36. The lowest BCUT2D eigenvalue weighted by atomic mass is 10.1. The molecular weight excluding hydrogens is 308 g/mol. The average molecular weight is 330 g/mol. The summed E-state index contributed by atoms with van der Waals surface area (Å²) in [6.07, 6.45) is 0.949. The van der Waals surface area contributed by atoms with Crippen LogP contribution in [0.1, 0.15) is 29.3 Å². The maximum absolute atomic E-state index is 12.2. The van der Waals surface area contributed by atoms with E-state index in [9.17, 15) is 14.4 Å². The minimum atomic E-state index is -0.304. The number of carbonyl (C=O) groups excluding carboxylic acids is 3. The number of hydrogen-bond donors (Lipinski definition) is 1. The van der Waals surface area contributed by atoms with Crippen molar-refractivity contribution in [3.05, 3.63) is 35.4 Å². The van der Waals surface area contributed by atoms with E-state index in [0.717, 1.165) is 12.0 Å². The zero-order chi connectivity index (χ0) is 17.5. The second-order valence-corrected chi connectivity index (χ2v) is 5.85. The predicted octanol–water partition coefficient (Wildman–Crippen LogP) is 0.791. The van der Waals surface area contributed by atoms with E-state index >= 15 is 0 Å². The van der Waals surface area contributed by atoms with Crippen LogP contribution >= 0.6 is 0 Å². The van der Waals surface area contributed by atoms with Crippen molar-refractivity contribution in [2.75, 3.05) is 26.2 Å². The minimum absolute atomic E-state index is 0.0496. The summed E-state index contributed by atoms with van der Waals surface area (Å²) in [4.78, 5) is 38.2. The smallest absolute Gasteiger partial charge is 0.271 e. The molecule has 0 radical (unpaired) electrons. The third-order valence-electron chi connectivity index (χ3n) is 3.89. The van der Waals surface area contributed by atoms with Gasteiger partial charge in [0.05, 0.1) is 6.42 Å². The van der Waals surface area contributed by atoms with E-state index in [0.29, 0.717) is 37.5 Å². The second kappa shape index (κ2) is 8.24.